The Labute approximate surface area is 127 Å². The molecule has 0 spiro atoms. The van der Waals surface area contributed by atoms with Crippen molar-refractivity contribution in [2.45, 2.75) is 24.8 Å². The van der Waals surface area contributed by atoms with Crippen LogP contribution in [0.3, 0.4) is 0 Å². The molecule has 1 saturated heterocycles. The van der Waals surface area contributed by atoms with Gasteiger partial charge in [-0.25, -0.2) is 17.6 Å². The average Bonchev–Trinajstić information content (AvgIpc) is 2.41. The van der Waals surface area contributed by atoms with Crippen LogP contribution in [0.2, 0.25) is 0 Å². The van der Waals surface area contributed by atoms with Gasteiger partial charge in [0.2, 0.25) is 10.0 Å². The molecule has 1 atom stereocenters. The Hall–Kier alpha value is -1.12. The van der Waals surface area contributed by atoms with Crippen molar-refractivity contribution < 1.29 is 22.7 Å². The second-order valence-electron chi connectivity index (χ2n) is 4.93. The molecule has 1 aliphatic rings. The molecule has 1 heterocycles. The molecule has 116 valence electrons. The number of nitrogens with zero attached hydrogens (tertiary/aromatic N) is 1. The predicted octanol–water partition coefficient (Wildman–Crippen LogP) is 1.96. The summed E-state index contributed by atoms with van der Waals surface area (Å²) >= 11 is 1.66. The molecule has 1 aliphatic heterocycles. The number of aromatic carboxylic acids is 1. The van der Waals surface area contributed by atoms with Crippen LogP contribution in [0.25, 0.3) is 0 Å². The average molecular weight is 333 g/mol. The summed E-state index contributed by atoms with van der Waals surface area (Å²) in [5.41, 5.74) is -0.416. The highest BCUT2D eigenvalue weighted by molar-refractivity contribution is 7.99. The van der Waals surface area contributed by atoms with Crippen LogP contribution in [0.15, 0.2) is 17.0 Å². The lowest BCUT2D eigenvalue weighted by Crippen LogP contribution is -2.44. The number of thioether (sulfide) groups is 1. The van der Waals surface area contributed by atoms with Gasteiger partial charge in [-0.3, -0.25) is 0 Å². The molecule has 0 radical (unpaired) electrons. The fourth-order valence-corrected chi connectivity index (χ4v) is 5.36. The third-order valence-corrected chi connectivity index (χ3v) is 6.77. The van der Waals surface area contributed by atoms with Gasteiger partial charge < -0.3 is 5.11 Å². The van der Waals surface area contributed by atoms with Crippen molar-refractivity contribution in [2.24, 2.45) is 0 Å². The van der Waals surface area contributed by atoms with Crippen molar-refractivity contribution in [2.75, 3.05) is 18.1 Å². The largest absolute Gasteiger partial charge is 0.478 e. The highest BCUT2D eigenvalue weighted by Crippen LogP contribution is 2.28. The van der Waals surface area contributed by atoms with Gasteiger partial charge in [0.05, 0.1) is 10.5 Å². The normalized spacial score (nSPS) is 20.4. The van der Waals surface area contributed by atoms with Crippen LogP contribution in [0, 0.1) is 12.7 Å². The quantitative estimate of drug-likeness (QED) is 0.915. The van der Waals surface area contributed by atoms with E-state index in [4.69, 9.17) is 5.11 Å². The van der Waals surface area contributed by atoms with Crippen molar-refractivity contribution >= 4 is 27.8 Å². The monoisotopic (exact) mass is 333 g/mol. The number of sulfonamides is 1. The first-order chi connectivity index (χ1) is 9.75. The SMILES string of the molecule is Cc1c(F)cc(C(=O)O)cc1S(=O)(=O)N1CCSCC1C. The summed E-state index contributed by atoms with van der Waals surface area (Å²) in [4.78, 5) is 10.7. The van der Waals surface area contributed by atoms with E-state index in [1.54, 1.807) is 18.7 Å². The Bertz CT molecular complexity index is 675. The zero-order valence-corrected chi connectivity index (χ0v) is 13.3. The molecule has 1 aromatic carbocycles. The predicted molar refractivity (Wildman–Crippen MR) is 78.8 cm³/mol. The van der Waals surface area contributed by atoms with Crippen LogP contribution in [0.4, 0.5) is 4.39 Å². The van der Waals surface area contributed by atoms with E-state index in [2.05, 4.69) is 0 Å². The van der Waals surface area contributed by atoms with Gasteiger partial charge in [-0.1, -0.05) is 0 Å². The summed E-state index contributed by atoms with van der Waals surface area (Å²) in [6, 6.07) is 1.67. The molecule has 0 aromatic heterocycles. The van der Waals surface area contributed by atoms with Gasteiger partial charge in [-0.05, 0) is 26.0 Å². The lowest BCUT2D eigenvalue weighted by Gasteiger charge is -2.32. The van der Waals surface area contributed by atoms with Crippen LogP contribution < -0.4 is 0 Å². The molecule has 0 amide bonds. The number of hydrogen-bond donors (Lipinski definition) is 1. The first kappa shape index (κ1) is 16.3. The van der Waals surface area contributed by atoms with E-state index in [0.717, 1.165) is 12.1 Å². The maximum Gasteiger partial charge on any atom is 0.335 e. The van der Waals surface area contributed by atoms with Crippen molar-refractivity contribution in [3.8, 4) is 0 Å². The summed E-state index contributed by atoms with van der Waals surface area (Å²) < 4.78 is 40.6. The Kier molecular flexibility index (Phi) is 4.60. The van der Waals surface area contributed by atoms with E-state index in [0.29, 0.717) is 18.1 Å². The third-order valence-electron chi connectivity index (χ3n) is 3.44. The zero-order chi connectivity index (χ0) is 15.8. The third kappa shape index (κ3) is 3.07. The summed E-state index contributed by atoms with van der Waals surface area (Å²) in [6.45, 7) is 3.47. The Morgan fingerprint density at radius 1 is 1.48 bits per heavy atom. The lowest BCUT2D eigenvalue weighted by molar-refractivity contribution is 0.0696. The van der Waals surface area contributed by atoms with E-state index < -0.39 is 21.8 Å². The highest BCUT2D eigenvalue weighted by Gasteiger charge is 2.33. The smallest absolute Gasteiger partial charge is 0.335 e. The standard InChI is InChI=1S/C13H16FNO4S2/c1-8-7-20-4-3-15(8)21(18,19)12-6-10(13(16)17)5-11(14)9(12)2/h5-6,8H,3-4,7H2,1-2H3,(H,16,17). The molecule has 0 aliphatic carbocycles. The summed E-state index contributed by atoms with van der Waals surface area (Å²) in [7, 11) is -3.90. The van der Waals surface area contributed by atoms with Gasteiger partial charge >= 0.3 is 5.97 Å². The Morgan fingerprint density at radius 3 is 2.71 bits per heavy atom. The molecular weight excluding hydrogens is 317 g/mol. The van der Waals surface area contributed by atoms with Gasteiger partial charge in [0.15, 0.2) is 0 Å². The van der Waals surface area contributed by atoms with E-state index in [1.165, 1.54) is 11.2 Å². The van der Waals surface area contributed by atoms with Gasteiger partial charge in [0.25, 0.3) is 0 Å². The molecular formula is C13H16FNO4S2. The molecule has 8 heteroatoms. The summed E-state index contributed by atoms with van der Waals surface area (Å²) in [5, 5.41) is 8.97. The maximum absolute atomic E-state index is 13.8. The van der Waals surface area contributed by atoms with Crippen LogP contribution in [-0.4, -0.2) is 47.9 Å². The second-order valence-corrected chi connectivity index (χ2v) is 7.93. The molecule has 0 bridgehead atoms. The Morgan fingerprint density at radius 2 is 2.14 bits per heavy atom. The molecule has 21 heavy (non-hydrogen) atoms. The molecule has 0 saturated carbocycles. The van der Waals surface area contributed by atoms with Gasteiger partial charge in [-0.2, -0.15) is 16.1 Å². The number of hydrogen-bond acceptors (Lipinski definition) is 4. The van der Waals surface area contributed by atoms with E-state index in [9.17, 15) is 17.6 Å². The molecule has 1 fully saturated rings. The first-order valence-corrected chi connectivity index (χ1v) is 8.97. The van der Waals surface area contributed by atoms with Crippen LogP contribution in [-0.2, 0) is 10.0 Å². The minimum atomic E-state index is -3.90. The Balaban J connectivity index is 2.56. The lowest BCUT2D eigenvalue weighted by atomic mass is 10.1. The van der Waals surface area contributed by atoms with Crippen molar-refractivity contribution in [3.63, 3.8) is 0 Å². The molecule has 1 unspecified atom stereocenters. The number of rotatable bonds is 3. The minimum absolute atomic E-state index is 0.0505. The van der Waals surface area contributed by atoms with E-state index in [-0.39, 0.29) is 22.1 Å². The van der Waals surface area contributed by atoms with Crippen molar-refractivity contribution in [1.82, 2.24) is 4.31 Å². The van der Waals surface area contributed by atoms with E-state index in [1.807, 2.05) is 0 Å². The number of carboxylic acids is 1. The number of halogens is 1. The van der Waals surface area contributed by atoms with Gasteiger partial charge in [0, 0.05) is 29.7 Å². The van der Waals surface area contributed by atoms with Gasteiger partial charge in [0.1, 0.15) is 5.82 Å². The number of benzene rings is 1. The maximum atomic E-state index is 13.8. The topological polar surface area (TPSA) is 74.7 Å². The fourth-order valence-electron chi connectivity index (χ4n) is 2.24. The highest BCUT2D eigenvalue weighted by atomic mass is 32.2. The van der Waals surface area contributed by atoms with Gasteiger partial charge in [-0.15, -0.1) is 0 Å². The molecule has 1 N–H and O–H groups in total. The minimum Gasteiger partial charge on any atom is -0.478 e. The van der Waals surface area contributed by atoms with Crippen molar-refractivity contribution in [1.29, 1.82) is 0 Å². The second kappa shape index (κ2) is 5.94. The van der Waals surface area contributed by atoms with Crippen LogP contribution in [0.1, 0.15) is 22.8 Å². The first-order valence-electron chi connectivity index (χ1n) is 6.38. The number of carboxylic acid groups (broad SMARTS) is 1. The van der Waals surface area contributed by atoms with Crippen LogP contribution in [0.5, 0.6) is 0 Å². The fraction of sp³-hybridized carbons (Fsp3) is 0.462. The molecule has 1 aromatic rings. The molecule has 2 rings (SSSR count). The van der Waals surface area contributed by atoms with E-state index >= 15 is 0 Å². The molecule has 5 nitrogen and oxygen atoms in total. The number of carbonyl (C=O) groups is 1. The summed E-state index contributed by atoms with van der Waals surface area (Å²) in [6.07, 6.45) is 0. The zero-order valence-electron chi connectivity index (χ0n) is 11.7. The van der Waals surface area contributed by atoms with Crippen molar-refractivity contribution in [3.05, 3.63) is 29.1 Å². The van der Waals surface area contributed by atoms with Crippen LogP contribution >= 0.6 is 11.8 Å². The summed E-state index contributed by atoms with van der Waals surface area (Å²) in [5.74, 6) is -0.844.